The highest BCUT2D eigenvalue weighted by atomic mass is 16.3. The summed E-state index contributed by atoms with van der Waals surface area (Å²) in [5.41, 5.74) is 5.24. The van der Waals surface area contributed by atoms with Crippen molar-refractivity contribution in [2.45, 2.75) is 38.8 Å². The molecule has 4 nitrogen and oxygen atoms in total. The lowest BCUT2D eigenvalue weighted by Crippen LogP contribution is -2.45. The van der Waals surface area contributed by atoms with E-state index in [9.17, 15) is 4.79 Å². The minimum Gasteiger partial charge on any atom is -0.469 e. The van der Waals surface area contributed by atoms with Gasteiger partial charge < -0.3 is 15.5 Å². The second-order valence-electron chi connectivity index (χ2n) is 3.71. The lowest BCUT2D eigenvalue weighted by molar-refractivity contribution is -0.120. The Kier molecular flexibility index (Phi) is 4.37. The molecule has 0 aliphatic carbocycles. The van der Waals surface area contributed by atoms with Crippen LogP contribution in [0.25, 0.3) is 0 Å². The average molecular weight is 210 g/mol. The van der Waals surface area contributed by atoms with Crippen LogP contribution in [0.4, 0.5) is 0 Å². The molecule has 4 heteroatoms. The zero-order valence-corrected chi connectivity index (χ0v) is 9.19. The molecule has 1 heterocycles. The molecule has 1 aromatic rings. The van der Waals surface area contributed by atoms with Crippen LogP contribution in [0.5, 0.6) is 0 Å². The summed E-state index contributed by atoms with van der Waals surface area (Å²) in [5, 5.41) is 3.17. The number of hydrogen-bond acceptors (Lipinski definition) is 3. The summed E-state index contributed by atoms with van der Waals surface area (Å²) in [6.45, 7) is 3.94. The number of primary amides is 1. The topological polar surface area (TPSA) is 68.3 Å². The van der Waals surface area contributed by atoms with Gasteiger partial charge in [0.2, 0.25) is 5.91 Å². The van der Waals surface area contributed by atoms with Crippen LogP contribution >= 0.6 is 0 Å². The molecule has 1 amide bonds. The summed E-state index contributed by atoms with van der Waals surface area (Å²) in [6, 6.07) is 3.69. The Bertz CT molecular complexity index is 296. The first-order valence-electron chi connectivity index (χ1n) is 5.21. The number of nitrogens with one attached hydrogen (secondary N) is 1. The maximum Gasteiger partial charge on any atom is 0.234 e. The second-order valence-corrected chi connectivity index (χ2v) is 3.71. The largest absolute Gasteiger partial charge is 0.469 e. The average Bonchev–Trinajstić information content (AvgIpc) is 2.66. The van der Waals surface area contributed by atoms with Gasteiger partial charge in [-0.05, 0) is 25.5 Å². The van der Waals surface area contributed by atoms with Crippen LogP contribution in [0.15, 0.2) is 22.8 Å². The number of furan rings is 1. The van der Waals surface area contributed by atoms with E-state index >= 15 is 0 Å². The maximum absolute atomic E-state index is 11.0. The fourth-order valence-electron chi connectivity index (χ4n) is 1.53. The van der Waals surface area contributed by atoms with Gasteiger partial charge in [-0.2, -0.15) is 0 Å². The Labute approximate surface area is 89.8 Å². The van der Waals surface area contributed by atoms with Crippen LogP contribution in [0.3, 0.4) is 0 Å². The van der Waals surface area contributed by atoms with Crippen LogP contribution < -0.4 is 11.1 Å². The minimum atomic E-state index is -0.302. The fourth-order valence-corrected chi connectivity index (χ4v) is 1.53. The molecule has 84 valence electrons. The third-order valence-electron chi connectivity index (χ3n) is 2.32. The highest BCUT2D eigenvalue weighted by Gasteiger charge is 2.15. The standard InChI is InChI=1S/C11H18N2O2/c1-3-10(11(12)14)13-8(2)7-9-5-4-6-15-9/h4-6,8,10,13H,3,7H2,1-2H3,(H2,12,14). The lowest BCUT2D eigenvalue weighted by atomic mass is 10.1. The van der Waals surface area contributed by atoms with Gasteiger partial charge >= 0.3 is 0 Å². The first-order chi connectivity index (χ1) is 7.13. The summed E-state index contributed by atoms with van der Waals surface area (Å²) < 4.78 is 5.22. The lowest BCUT2D eigenvalue weighted by Gasteiger charge is -2.18. The van der Waals surface area contributed by atoms with E-state index in [1.807, 2.05) is 26.0 Å². The van der Waals surface area contributed by atoms with E-state index < -0.39 is 0 Å². The van der Waals surface area contributed by atoms with E-state index in [0.29, 0.717) is 6.42 Å². The predicted molar refractivity (Wildman–Crippen MR) is 58.3 cm³/mol. The van der Waals surface area contributed by atoms with Gasteiger partial charge in [0.25, 0.3) is 0 Å². The molecule has 0 aliphatic heterocycles. The van der Waals surface area contributed by atoms with Gasteiger partial charge in [-0.15, -0.1) is 0 Å². The zero-order valence-electron chi connectivity index (χ0n) is 9.19. The molecule has 0 bridgehead atoms. The van der Waals surface area contributed by atoms with Gasteiger partial charge in [-0.1, -0.05) is 6.92 Å². The van der Waals surface area contributed by atoms with Crippen LogP contribution in [0.1, 0.15) is 26.0 Å². The number of amides is 1. The van der Waals surface area contributed by atoms with Crippen molar-refractivity contribution in [3.05, 3.63) is 24.2 Å². The van der Waals surface area contributed by atoms with Crippen molar-refractivity contribution in [2.24, 2.45) is 5.73 Å². The number of hydrogen-bond donors (Lipinski definition) is 2. The normalized spacial score (nSPS) is 14.8. The summed E-state index contributed by atoms with van der Waals surface area (Å²) in [5.74, 6) is 0.609. The monoisotopic (exact) mass is 210 g/mol. The highest BCUT2D eigenvalue weighted by molar-refractivity contribution is 5.79. The second kappa shape index (κ2) is 5.56. The van der Waals surface area contributed by atoms with E-state index in [0.717, 1.165) is 12.2 Å². The van der Waals surface area contributed by atoms with Crippen molar-refractivity contribution >= 4 is 5.91 Å². The number of carbonyl (C=O) groups excluding carboxylic acids is 1. The predicted octanol–water partition coefficient (Wildman–Crippen LogP) is 1.06. The molecule has 0 fully saturated rings. The molecule has 0 aliphatic rings. The molecule has 1 rings (SSSR count). The van der Waals surface area contributed by atoms with E-state index in [-0.39, 0.29) is 18.0 Å². The van der Waals surface area contributed by atoms with Crippen LogP contribution in [-0.2, 0) is 11.2 Å². The minimum absolute atomic E-state index is 0.175. The molecule has 0 spiro atoms. The molecule has 0 aromatic carbocycles. The van der Waals surface area contributed by atoms with E-state index in [2.05, 4.69) is 5.32 Å². The van der Waals surface area contributed by atoms with Gasteiger partial charge in [0.1, 0.15) is 5.76 Å². The van der Waals surface area contributed by atoms with Crippen molar-refractivity contribution in [3.63, 3.8) is 0 Å². The van der Waals surface area contributed by atoms with Gasteiger partial charge in [0.05, 0.1) is 12.3 Å². The third-order valence-corrected chi connectivity index (χ3v) is 2.32. The van der Waals surface area contributed by atoms with Gasteiger partial charge in [-0.25, -0.2) is 0 Å². The molecule has 1 aromatic heterocycles. The van der Waals surface area contributed by atoms with Crippen molar-refractivity contribution in [3.8, 4) is 0 Å². The van der Waals surface area contributed by atoms with Crippen molar-refractivity contribution in [2.75, 3.05) is 0 Å². The highest BCUT2D eigenvalue weighted by Crippen LogP contribution is 2.05. The van der Waals surface area contributed by atoms with Gasteiger partial charge in [0.15, 0.2) is 0 Å². The Morgan fingerprint density at radius 2 is 2.40 bits per heavy atom. The number of rotatable bonds is 6. The van der Waals surface area contributed by atoms with E-state index in [1.165, 1.54) is 0 Å². The first-order valence-corrected chi connectivity index (χ1v) is 5.21. The molecule has 0 saturated heterocycles. The van der Waals surface area contributed by atoms with Crippen LogP contribution in [0, 0.1) is 0 Å². The molecular weight excluding hydrogens is 192 g/mol. The SMILES string of the molecule is CCC(NC(C)Cc1ccco1)C(N)=O. The van der Waals surface area contributed by atoms with Gasteiger partial charge in [0, 0.05) is 12.5 Å². The number of nitrogens with two attached hydrogens (primary N) is 1. The van der Waals surface area contributed by atoms with Crippen molar-refractivity contribution < 1.29 is 9.21 Å². The van der Waals surface area contributed by atoms with Crippen molar-refractivity contribution in [1.29, 1.82) is 0 Å². The molecule has 15 heavy (non-hydrogen) atoms. The molecule has 2 unspecified atom stereocenters. The summed E-state index contributed by atoms with van der Waals surface area (Å²) in [4.78, 5) is 11.0. The molecular formula is C11H18N2O2. The van der Waals surface area contributed by atoms with Crippen molar-refractivity contribution in [1.82, 2.24) is 5.32 Å². The molecule has 0 saturated carbocycles. The first kappa shape index (κ1) is 11.8. The molecule has 0 radical (unpaired) electrons. The Balaban J connectivity index is 2.41. The van der Waals surface area contributed by atoms with Crippen LogP contribution in [0.2, 0.25) is 0 Å². The smallest absolute Gasteiger partial charge is 0.234 e. The van der Waals surface area contributed by atoms with Gasteiger partial charge in [-0.3, -0.25) is 4.79 Å². The van der Waals surface area contributed by atoms with E-state index in [1.54, 1.807) is 6.26 Å². The Hall–Kier alpha value is -1.29. The Morgan fingerprint density at radius 1 is 1.67 bits per heavy atom. The number of carbonyl (C=O) groups is 1. The van der Waals surface area contributed by atoms with E-state index in [4.69, 9.17) is 10.2 Å². The molecule has 2 atom stereocenters. The third kappa shape index (κ3) is 3.75. The zero-order chi connectivity index (χ0) is 11.3. The maximum atomic E-state index is 11.0. The summed E-state index contributed by atoms with van der Waals surface area (Å²) in [6.07, 6.45) is 3.11. The molecule has 3 N–H and O–H groups in total. The Morgan fingerprint density at radius 3 is 2.87 bits per heavy atom. The summed E-state index contributed by atoms with van der Waals surface area (Å²) >= 11 is 0. The summed E-state index contributed by atoms with van der Waals surface area (Å²) in [7, 11) is 0. The van der Waals surface area contributed by atoms with Crippen LogP contribution in [-0.4, -0.2) is 18.0 Å². The fraction of sp³-hybridized carbons (Fsp3) is 0.545. The quantitative estimate of drug-likeness (QED) is 0.737.